The van der Waals surface area contributed by atoms with Crippen molar-refractivity contribution in [1.82, 2.24) is 20.0 Å². The number of rotatable bonds is 6. The number of nitrogens with zero attached hydrogens (tertiary/aromatic N) is 2. The van der Waals surface area contributed by atoms with Crippen LogP contribution in [0.3, 0.4) is 0 Å². The Bertz CT molecular complexity index is 1300. The molecule has 1 atom stereocenters. The van der Waals surface area contributed by atoms with E-state index in [0.717, 1.165) is 17.7 Å². The molecule has 33 heavy (non-hydrogen) atoms. The Balaban J connectivity index is 1.57. The highest BCUT2D eigenvalue weighted by Crippen LogP contribution is 2.26. The van der Waals surface area contributed by atoms with Crippen LogP contribution in [0.5, 0.6) is 5.75 Å². The number of hydrogen-bond acceptors (Lipinski definition) is 6. The first-order valence-corrected chi connectivity index (χ1v) is 12.2. The molecule has 1 unspecified atom stereocenters. The number of carbonyl (C=O) groups is 1. The van der Waals surface area contributed by atoms with E-state index < -0.39 is 27.4 Å². The van der Waals surface area contributed by atoms with Gasteiger partial charge in [0.1, 0.15) is 23.9 Å². The zero-order valence-electron chi connectivity index (χ0n) is 18.2. The lowest BCUT2D eigenvalue weighted by Gasteiger charge is -2.23. The summed E-state index contributed by atoms with van der Waals surface area (Å²) < 4.78 is 58.8. The highest BCUT2D eigenvalue weighted by molar-refractivity contribution is 7.91. The molecule has 1 aliphatic rings. The smallest absolute Gasteiger partial charge is 0.270 e. The van der Waals surface area contributed by atoms with Crippen molar-refractivity contribution in [3.05, 3.63) is 64.6 Å². The predicted octanol–water partition coefficient (Wildman–Crippen LogP) is 1.92. The Kier molecular flexibility index (Phi) is 6.35. The van der Waals surface area contributed by atoms with Crippen molar-refractivity contribution >= 4 is 21.4 Å². The Hall–Kier alpha value is -3.05. The van der Waals surface area contributed by atoms with E-state index in [2.05, 4.69) is 15.6 Å². The van der Waals surface area contributed by atoms with Crippen molar-refractivity contribution in [2.24, 2.45) is 0 Å². The SMILES string of the molecule is Cc1cc(OCc2c(F)cccc2F)c2nc(C)c(C(=O)NCC3CS(=O)(=O)CCN3)n2c1. The van der Waals surface area contributed by atoms with Crippen LogP contribution >= 0.6 is 0 Å². The fraction of sp³-hybridized carbons (Fsp3) is 0.364. The normalized spacial score (nSPS) is 17.8. The van der Waals surface area contributed by atoms with Crippen molar-refractivity contribution in [3.63, 3.8) is 0 Å². The number of carbonyl (C=O) groups excluding carboxylic acids is 1. The van der Waals surface area contributed by atoms with E-state index in [0.29, 0.717) is 17.9 Å². The number of pyridine rings is 1. The van der Waals surface area contributed by atoms with Gasteiger partial charge in [0.2, 0.25) is 0 Å². The van der Waals surface area contributed by atoms with Gasteiger partial charge in [-0.1, -0.05) is 6.07 Å². The van der Waals surface area contributed by atoms with Gasteiger partial charge in [-0.2, -0.15) is 0 Å². The first-order valence-electron chi connectivity index (χ1n) is 10.4. The average molecular weight is 479 g/mol. The largest absolute Gasteiger partial charge is 0.485 e. The number of imidazole rings is 1. The van der Waals surface area contributed by atoms with Gasteiger partial charge in [0, 0.05) is 25.3 Å². The lowest BCUT2D eigenvalue weighted by Crippen LogP contribution is -2.50. The van der Waals surface area contributed by atoms with Crippen LogP contribution in [-0.4, -0.2) is 54.3 Å². The highest BCUT2D eigenvalue weighted by Gasteiger charge is 2.26. The molecule has 3 heterocycles. The van der Waals surface area contributed by atoms with Crippen LogP contribution in [0.2, 0.25) is 0 Å². The van der Waals surface area contributed by atoms with Crippen molar-refractivity contribution in [2.45, 2.75) is 26.5 Å². The third-order valence-electron chi connectivity index (χ3n) is 5.46. The molecule has 2 aromatic heterocycles. The third kappa shape index (κ3) is 4.98. The number of ether oxygens (including phenoxy) is 1. The first-order chi connectivity index (χ1) is 15.6. The van der Waals surface area contributed by atoms with Crippen molar-refractivity contribution in [3.8, 4) is 5.75 Å². The summed E-state index contributed by atoms with van der Waals surface area (Å²) in [7, 11) is -3.12. The zero-order chi connectivity index (χ0) is 23.8. The standard InChI is InChI=1S/C22H24F2N4O4S/c1-13-8-19(32-11-16-17(23)4-3-5-18(16)24)21-27-14(2)20(28(21)10-13)22(29)26-9-15-12-33(30,31)7-6-25-15/h3-5,8,10,15,25H,6-7,9,11-12H2,1-2H3,(H,26,29). The molecule has 8 nitrogen and oxygen atoms in total. The van der Waals surface area contributed by atoms with Gasteiger partial charge in [0.05, 0.1) is 22.8 Å². The number of aromatic nitrogens is 2. The average Bonchev–Trinajstić information content (AvgIpc) is 3.06. The fourth-order valence-corrected chi connectivity index (χ4v) is 5.30. The van der Waals surface area contributed by atoms with E-state index >= 15 is 0 Å². The minimum absolute atomic E-state index is 0.0386. The lowest BCUT2D eigenvalue weighted by atomic mass is 10.2. The molecule has 3 aromatic rings. The molecule has 0 radical (unpaired) electrons. The summed E-state index contributed by atoms with van der Waals surface area (Å²) in [6, 6.07) is 4.90. The second-order valence-electron chi connectivity index (χ2n) is 8.09. The number of aryl methyl sites for hydroxylation is 2. The molecule has 1 aromatic carbocycles. The number of nitrogens with one attached hydrogen (secondary N) is 2. The maximum atomic E-state index is 14.0. The van der Waals surface area contributed by atoms with Gasteiger partial charge in [-0.05, 0) is 37.6 Å². The summed E-state index contributed by atoms with van der Waals surface area (Å²) in [6.45, 7) is 3.62. The van der Waals surface area contributed by atoms with Crippen LogP contribution in [0, 0.1) is 25.5 Å². The molecule has 0 bridgehead atoms. The Morgan fingerprint density at radius 2 is 2.03 bits per heavy atom. The van der Waals surface area contributed by atoms with Gasteiger partial charge in [-0.15, -0.1) is 0 Å². The van der Waals surface area contributed by atoms with Crippen molar-refractivity contribution < 1.29 is 26.7 Å². The number of amides is 1. The minimum Gasteiger partial charge on any atom is -0.485 e. The molecule has 2 N–H and O–H groups in total. The summed E-state index contributed by atoms with van der Waals surface area (Å²) in [5, 5.41) is 5.86. The van der Waals surface area contributed by atoms with E-state index in [1.807, 2.05) is 0 Å². The minimum atomic E-state index is -3.12. The van der Waals surface area contributed by atoms with Gasteiger partial charge < -0.3 is 15.4 Å². The van der Waals surface area contributed by atoms with Gasteiger partial charge >= 0.3 is 0 Å². The molecular weight excluding hydrogens is 454 g/mol. The summed E-state index contributed by atoms with van der Waals surface area (Å²) in [5.41, 5.74) is 1.59. The molecular formula is C22H24F2N4O4S. The second-order valence-corrected chi connectivity index (χ2v) is 10.3. The van der Waals surface area contributed by atoms with Gasteiger partial charge in [0.15, 0.2) is 21.2 Å². The first kappa shape index (κ1) is 23.1. The molecule has 1 amide bonds. The molecule has 1 fully saturated rings. The van der Waals surface area contributed by atoms with Crippen molar-refractivity contribution in [2.75, 3.05) is 24.6 Å². The second kappa shape index (κ2) is 9.06. The predicted molar refractivity (Wildman–Crippen MR) is 118 cm³/mol. The van der Waals surface area contributed by atoms with E-state index in [1.54, 1.807) is 30.5 Å². The Labute approximate surface area is 189 Å². The van der Waals surface area contributed by atoms with Gasteiger partial charge in [0.25, 0.3) is 5.91 Å². The van der Waals surface area contributed by atoms with Crippen LogP contribution in [0.25, 0.3) is 5.65 Å². The quantitative estimate of drug-likeness (QED) is 0.562. The fourth-order valence-electron chi connectivity index (χ4n) is 3.86. The van der Waals surface area contributed by atoms with Crippen LogP contribution in [0.4, 0.5) is 8.78 Å². The van der Waals surface area contributed by atoms with Crippen molar-refractivity contribution in [1.29, 1.82) is 0 Å². The molecule has 0 saturated carbocycles. The number of halogens is 2. The Morgan fingerprint density at radius 1 is 1.30 bits per heavy atom. The summed E-state index contributed by atoms with van der Waals surface area (Å²) >= 11 is 0. The molecule has 1 aliphatic heterocycles. The molecule has 4 rings (SSSR count). The number of sulfone groups is 1. The summed E-state index contributed by atoms with van der Waals surface area (Å²) in [6.07, 6.45) is 1.71. The maximum absolute atomic E-state index is 14.0. The van der Waals surface area contributed by atoms with Crippen LogP contribution in [-0.2, 0) is 16.4 Å². The highest BCUT2D eigenvalue weighted by atomic mass is 32.2. The van der Waals surface area contributed by atoms with E-state index in [9.17, 15) is 22.0 Å². The molecule has 11 heteroatoms. The van der Waals surface area contributed by atoms with Crippen LogP contribution in [0.1, 0.15) is 27.3 Å². The lowest BCUT2D eigenvalue weighted by molar-refractivity contribution is 0.0943. The Morgan fingerprint density at radius 3 is 2.73 bits per heavy atom. The van der Waals surface area contributed by atoms with Crippen LogP contribution in [0.15, 0.2) is 30.5 Å². The number of benzene rings is 1. The zero-order valence-corrected chi connectivity index (χ0v) is 19.0. The molecule has 176 valence electrons. The number of fused-ring (bicyclic) bond motifs is 1. The van der Waals surface area contributed by atoms with Crippen LogP contribution < -0.4 is 15.4 Å². The van der Waals surface area contributed by atoms with Gasteiger partial charge in [-0.3, -0.25) is 9.20 Å². The summed E-state index contributed by atoms with van der Waals surface area (Å²) in [4.78, 5) is 17.4. The number of hydrogen-bond donors (Lipinski definition) is 2. The van der Waals surface area contributed by atoms with E-state index in [-0.39, 0.29) is 47.7 Å². The van der Waals surface area contributed by atoms with E-state index in [1.165, 1.54) is 6.07 Å². The van der Waals surface area contributed by atoms with Gasteiger partial charge in [-0.25, -0.2) is 22.2 Å². The molecule has 1 saturated heterocycles. The summed E-state index contributed by atoms with van der Waals surface area (Å²) in [5.74, 6) is -1.51. The maximum Gasteiger partial charge on any atom is 0.270 e. The monoisotopic (exact) mass is 478 g/mol. The molecule has 0 spiro atoms. The van der Waals surface area contributed by atoms with E-state index in [4.69, 9.17) is 4.74 Å². The topological polar surface area (TPSA) is 102 Å². The third-order valence-corrected chi connectivity index (χ3v) is 7.19. The molecule has 0 aliphatic carbocycles.